The summed E-state index contributed by atoms with van der Waals surface area (Å²) in [5.74, 6) is 1.08. The Labute approximate surface area is 171 Å². The van der Waals surface area contributed by atoms with Crippen LogP contribution in [-0.2, 0) is 6.42 Å². The second kappa shape index (κ2) is 10.5. The molecule has 1 heterocycles. The van der Waals surface area contributed by atoms with Crippen molar-refractivity contribution >= 4 is 11.9 Å². The topological polar surface area (TPSA) is 47.9 Å². The number of piperidine rings is 1. The Morgan fingerprint density at radius 1 is 1.32 bits per heavy atom. The number of benzene rings is 1. The van der Waals surface area contributed by atoms with E-state index in [-0.39, 0.29) is 5.91 Å². The van der Waals surface area contributed by atoms with Crippen LogP contribution in [0.3, 0.4) is 0 Å². The zero-order valence-corrected chi connectivity index (χ0v) is 18.4. The minimum atomic E-state index is 0.0437. The molecule has 1 aliphatic heterocycles. The van der Waals surface area contributed by atoms with Crippen molar-refractivity contribution in [2.75, 3.05) is 40.3 Å². The molecule has 1 aromatic carbocycles. The van der Waals surface area contributed by atoms with E-state index in [0.717, 1.165) is 49.7 Å². The van der Waals surface area contributed by atoms with Gasteiger partial charge in [0.15, 0.2) is 5.96 Å². The molecule has 1 aromatic rings. The second-order valence-corrected chi connectivity index (χ2v) is 8.47. The Hall–Kier alpha value is -2.04. The molecule has 5 nitrogen and oxygen atoms in total. The molecule has 1 fully saturated rings. The third-order valence-electron chi connectivity index (χ3n) is 5.51. The number of carbonyl (C=O) groups excluding carboxylic acids is 1. The minimum Gasteiger partial charge on any atom is -0.357 e. The van der Waals surface area contributed by atoms with E-state index in [1.807, 2.05) is 18.2 Å². The van der Waals surface area contributed by atoms with E-state index in [0.29, 0.717) is 5.41 Å². The van der Waals surface area contributed by atoms with Crippen LogP contribution in [0.1, 0.15) is 62.4 Å². The molecule has 1 saturated heterocycles. The molecule has 28 heavy (non-hydrogen) atoms. The highest BCUT2D eigenvalue weighted by Gasteiger charge is 2.31. The smallest absolute Gasteiger partial charge is 0.253 e. The van der Waals surface area contributed by atoms with Gasteiger partial charge in [0.05, 0.1) is 0 Å². The molecule has 2 rings (SSSR count). The van der Waals surface area contributed by atoms with Crippen molar-refractivity contribution < 1.29 is 4.79 Å². The van der Waals surface area contributed by atoms with Crippen LogP contribution in [-0.4, -0.2) is 61.9 Å². The van der Waals surface area contributed by atoms with Gasteiger partial charge < -0.3 is 15.1 Å². The molecular weight excluding hydrogens is 348 g/mol. The summed E-state index contributed by atoms with van der Waals surface area (Å²) < 4.78 is 0. The standard InChI is InChI=1S/C23H38N4O/c1-6-13-23(3)14-9-16-27(18-23)22(24-7-2)25-15-12-19-10-8-11-20(17-19)21(28)26(4)5/h8,10-11,17H,6-7,9,12-16,18H2,1-5H3,(H,24,25). The van der Waals surface area contributed by atoms with Crippen LogP contribution in [0, 0.1) is 5.41 Å². The number of hydrogen-bond acceptors (Lipinski definition) is 2. The molecule has 0 bridgehead atoms. The first-order chi connectivity index (χ1) is 13.4. The van der Waals surface area contributed by atoms with Crippen LogP contribution in [0.25, 0.3) is 0 Å². The number of amides is 1. The summed E-state index contributed by atoms with van der Waals surface area (Å²) in [6.07, 6.45) is 5.89. The highest BCUT2D eigenvalue weighted by Crippen LogP contribution is 2.33. The zero-order chi connectivity index (χ0) is 20.6. The molecule has 0 aromatic heterocycles. The molecule has 1 aliphatic rings. The minimum absolute atomic E-state index is 0.0437. The van der Waals surface area contributed by atoms with Crippen molar-refractivity contribution in [3.05, 3.63) is 35.4 Å². The van der Waals surface area contributed by atoms with Crippen molar-refractivity contribution in [2.24, 2.45) is 10.4 Å². The number of rotatable bonds is 7. The Kier molecular flexibility index (Phi) is 8.34. The monoisotopic (exact) mass is 386 g/mol. The summed E-state index contributed by atoms with van der Waals surface area (Å²) in [6, 6.07) is 7.90. The van der Waals surface area contributed by atoms with Crippen LogP contribution in [0.4, 0.5) is 0 Å². The normalized spacial score (nSPS) is 20.2. The molecule has 1 unspecified atom stereocenters. The number of guanidine groups is 1. The fourth-order valence-electron chi connectivity index (χ4n) is 4.14. The van der Waals surface area contributed by atoms with E-state index in [2.05, 4.69) is 37.1 Å². The van der Waals surface area contributed by atoms with Crippen LogP contribution in [0.2, 0.25) is 0 Å². The summed E-state index contributed by atoms with van der Waals surface area (Å²) in [5, 5.41) is 3.48. The largest absolute Gasteiger partial charge is 0.357 e. The second-order valence-electron chi connectivity index (χ2n) is 8.47. The molecule has 0 aliphatic carbocycles. The number of likely N-dealkylation sites (tertiary alicyclic amines) is 1. The Bertz CT molecular complexity index is 666. The predicted molar refractivity (Wildman–Crippen MR) is 118 cm³/mol. The molecule has 156 valence electrons. The number of hydrogen-bond donors (Lipinski definition) is 1. The van der Waals surface area contributed by atoms with Gasteiger partial charge in [0.2, 0.25) is 0 Å². The lowest BCUT2D eigenvalue weighted by Crippen LogP contribution is -2.49. The van der Waals surface area contributed by atoms with Crippen molar-refractivity contribution in [3.8, 4) is 0 Å². The molecule has 0 radical (unpaired) electrons. The van der Waals surface area contributed by atoms with Crippen LogP contribution >= 0.6 is 0 Å². The van der Waals surface area contributed by atoms with E-state index < -0.39 is 0 Å². The maximum absolute atomic E-state index is 12.2. The highest BCUT2D eigenvalue weighted by molar-refractivity contribution is 5.94. The first-order valence-electron chi connectivity index (χ1n) is 10.7. The number of nitrogens with zero attached hydrogens (tertiary/aromatic N) is 3. The SMILES string of the molecule is CCCC1(C)CCCN(C(=NCCc2cccc(C(=O)N(C)C)c2)NCC)C1. The molecule has 0 spiro atoms. The maximum Gasteiger partial charge on any atom is 0.253 e. The van der Waals surface area contributed by atoms with Gasteiger partial charge in [-0.3, -0.25) is 9.79 Å². The maximum atomic E-state index is 12.2. The lowest BCUT2D eigenvalue weighted by molar-refractivity contribution is 0.0827. The van der Waals surface area contributed by atoms with Gasteiger partial charge in [-0.15, -0.1) is 0 Å². The van der Waals surface area contributed by atoms with Crippen molar-refractivity contribution in [1.82, 2.24) is 15.1 Å². The van der Waals surface area contributed by atoms with E-state index >= 15 is 0 Å². The average molecular weight is 387 g/mol. The average Bonchev–Trinajstić information content (AvgIpc) is 2.67. The molecule has 5 heteroatoms. The summed E-state index contributed by atoms with van der Waals surface area (Å²) >= 11 is 0. The first kappa shape index (κ1) is 22.3. The lowest BCUT2D eigenvalue weighted by atomic mass is 9.78. The van der Waals surface area contributed by atoms with Gasteiger partial charge in [0.25, 0.3) is 5.91 Å². The lowest BCUT2D eigenvalue weighted by Gasteiger charge is -2.42. The molecule has 1 N–H and O–H groups in total. The molecule has 0 saturated carbocycles. The van der Waals surface area contributed by atoms with Crippen LogP contribution < -0.4 is 5.32 Å². The van der Waals surface area contributed by atoms with Crippen molar-refractivity contribution in [1.29, 1.82) is 0 Å². The van der Waals surface area contributed by atoms with Gasteiger partial charge >= 0.3 is 0 Å². The van der Waals surface area contributed by atoms with E-state index in [9.17, 15) is 4.79 Å². The molecule has 1 amide bonds. The first-order valence-corrected chi connectivity index (χ1v) is 10.7. The van der Waals surface area contributed by atoms with Crippen molar-refractivity contribution in [3.63, 3.8) is 0 Å². The van der Waals surface area contributed by atoms with E-state index in [4.69, 9.17) is 4.99 Å². The van der Waals surface area contributed by atoms with Crippen LogP contribution in [0.15, 0.2) is 29.3 Å². The third-order valence-corrected chi connectivity index (χ3v) is 5.51. The summed E-state index contributed by atoms with van der Waals surface area (Å²) in [6.45, 7) is 10.6. The number of carbonyl (C=O) groups is 1. The Balaban J connectivity index is 2.03. The number of nitrogens with one attached hydrogen (secondary N) is 1. The Morgan fingerprint density at radius 2 is 2.11 bits per heavy atom. The van der Waals surface area contributed by atoms with Gasteiger partial charge in [-0.1, -0.05) is 32.4 Å². The van der Waals surface area contributed by atoms with Crippen LogP contribution in [0.5, 0.6) is 0 Å². The van der Waals surface area contributed by atoms with Gasteiger partial charge in [-0.2, -0.15) is 0 Å². The predicted octanol–water partition coefficient (Wildman–Crippen LogP) is 3.80. The summed E-state index contributed by atoms with van der Waals surface area (Å²) in [5.41, 5.74) is 2.29. The number of aliphatic imine (C=N–C) groups is 1. The zero-order valence-electron chi connectivity index (χ0n) is 18.4. The van der Waals surface area contributed by atoms with Gasteiger partial charge in [-0.05, 0) is 55.7 Å². The third kappa shape index (κ3) is 6.25. The summed E-state index contributed by atoms with van der Waals surface area (Å²) in [4.78, 5) is 21.1. The van der Waals surface area contributed by atoms with Gasteiger partial charge in [0, 0.05) is 45.8 Å². The fraction of sp³-hybridized carbons (Fsp3) is 0.652. The quantitative estimate of drug-likeness (QED) is 0.573. The molecule has 1 atom stereocenters. The fourth-order valence-corrected chi connectivity index (χ4v) is 4.14. The Morgan fingerprint density at radius 3 is 2.79 bits per heavy atom. The van der Waals surface area contributed by atoms with E-state index in [1.165, 1.54) is 25.7 Å². The van der Waals surface area contributed by atoms with Gasteiger partial charge in [-0.25, -0.2) is 0 Å². The van der Waals surface area contributed by atoms with Gasteiger partial charge in [0.1, 0.15) is 0 Å². The van der Waals surface area contributed by atoms with Crippen molar-refractivity contribution in [2.45, 2.75) is 52.9 Å². The summed E-state index contributed by atoms with van der Waals surface area (Å²) in [7, 11) is 3.57. The molecular formula is C23H38N4O. The highest BCUT2D eigenvalue weighted by atomic mass is 16.2. The van der Waals surface area contributed by atoms with E-state index in [1.54, 1.807) is 19.0 Å².